The molecule has 1 fully saturated rings. The highest BCUT2D eigenvalue weighted by Crippen LogP contribution is 2.38. The summed E-state index contributed by atoms with van der Waals surface area (Å²) in [6, 6.07) is 13.3. The van der Waals surface area contributed by atoms with Crippen molar-refractivity contribution < 1.29 is 9.53 Å². The molecule has 1 amide bonds. The number of carbonyl (C=O) groups excluding carboxylic acids is 1. The summed E-state index contributed by atoms with van der Waals surface area (Å²) >= 11 is 6.77. The summed E-state index contributed by atoms with van der Waals surface area (Å²) in [7, 11) is 0. The fraction of sp³-hybridized carbons (Fsp3) is 0.333. The van der Waals surface area contributed by atoms with Crippen LogP contribution < -0.4 is 10.9 Å². The molecule has 0 aliphatic carbocycles. The minimum atomic E-state index is -0.244. The smallest absolute Gasteiger partial charge is 0.267 e. The van der Waals surface area contributed by atoms with Crippen molar-refractivity contribution in [2.75, 3.05) is 18.5 Å². The monoisotopic (exact) mass is 522 g/mol. The van der Waals surface area contributed by atoms with Crippen molar-refractivity contribution >= 4 is 51.7 Å². The van der Waals surface area contributed by atoms with Crippen molar-refractivity contribution in [1.82, 2.24) is 14.3 Å². The number of carbonyl (C=O) groups is 1. The molecule has 1 atom stereocenters. The summed E-state index contributed by atoms with van der Waals surface area (Å²) in [6.07, 6.45) is 4.29. The Kier molecular flexibility index (Phi) is 8.23. The number of aromatic nitrogens is 2. The highest BCUT2D eigenvalue weighted by molar-refractivity contribution is 8.26. The van der Waals surface area contributed by atoms with Gasteiger partial charge in [0, 0.05) is 19.3 Å². The molecule has 9 heteroatoms. The van der Waals surface area contributed by atoms with Gasteiger partial charge >= 0.3 is 0 Å². The number of hydrogen-bond acceptors (Lipinski definition) is 7. The number of rotatable bonds is 9. The zero-order valence-corrected chi connectivity index (χ0v) is 22.5. The van der Waals surface area contributed by atoms with Crippen molar-refractivity contribution in [3.05, 3.63) is 80.6 Å². The van der Waals surface area contributed by atoms with Crippen LogP contribution >= 0.6 is 24.0 Å². The van der Waals surface area contributed by atoms with Crippen molar-refractivity contribution in [1.29, 1.82) is 0 Å². The summed E-state index contributed by atoms with van der Waals surface area (Å²) in [6.45, 7) is 9.03. The van der Waals surface area contributed by atoms with E-state index < -0.39 is 0 Å². The number of thioether (sulfide) groups is 1. The Hall–Kier alpha value is -3.01. The predicted molar refractivity (Wildman–Crippen MR) is 150 cm³/mol. The van der Waals surface area contributed by atoms with Gasteiger partial charge in [0.15, 0.2) is 0 Å². The van der Waals surface area contributed by atoms with E-state index in [2.05, 4.69) is 5.32 Å². The average molecular weight is 523 g/mol. The highest BCUT2D eigenvalue weighted by atomic mass is 32.2. The molecule has 0 radical (unpaired) electrons. The first kappa shape index (κ1) is 26.1. The number of hydrogen-bond donors (Lipinski definition) is 1. The number of aryl methyl sites for hydroxylation is 1. The van der Waals surface area contributed by atoms with E-state index in [1.54, 1.807) is 17.2 Å². The Bertz CT molecular complexity index is 1370. The molecule has 1 aromatic carbocycles. The van der Waals surface area contributed by atoms with Gasteiger partial charge in [-0.3, -0.25) is 18.9 Å². The maximum atomic E-state index is 13.5. The van der Waals surface area contributed by atoms with E-state index in [9.17, 15) is 9.59 Å². The van der Waals surface area contributed by atoms with Gasteiger partial charge in [-0.1, -0.05) is 60.4 Å². The summed E-state index contributed by atoms with van der Waals surface area (Å²) in [5.74, 6) is 0.223. The molecule has 3 heterocycles. The van der Waals surface area contributed by atoms with Gasteiger partial charge in [0.25, 0.3) is 11.5 Å². The molecule has 2 aromatic heterocycles. The average Bonchev–Trinajstić information content (AvgIpc) is 3.13. The van der Waals surface area contributed by atoms with Crippen molar-refractivity contribution in [3.8, 4) is 0 Å². The number of anilines is 1. The lowest BCUT2D eigenvalue weighted by Gasteiger charge is -2.23. The van der Waals surface area contributed by atoms with Gasteiger partial charge in [0.05, 0.1) is 22.6 Å². The topological polar surface area (TPSA) is 75.9 Å². The van der Waals surface area contributed by atoms with Crippen LogP contribution in [0.1, 0.15) is 49.9 Å². The third-order valence-corrected chi connectivity index (χ3v) is 7.17. The number of ether oxygens (including phenoxy) is 1. The molecule has 7 nitrogen and oxygen atoms in total. The van der Waals surface area contributed by atoms with Crippen LogP contribution in [0, 0.1) is 6.92 Å². The Morgan fingerprint density at radius 1 is 1.14 bits per heavy atom. The van der Waals surface area contributed by atoms with Crippen molar-refractivity contribution in [3.63, 3.8) is 0 Å². The Morgan fingerprint density at radius 3 is 2.61 bits per heavy atom. The van der Waals surface area contributed by atoms with Crippen LogP contribution in [-0.4, -0.2) is 43.8 Å². The molecule has 36 heavy (non-hydrogen) atoms. The number of benzene rings is 1. The van der Waals surface area contributed by atoms with E-state index in [4.69, 9.17) is 21.9 Å². The largest absolute Gasteiger partial charge is 0.379 e. The lowest BCUT2D eigenvalue weighted by Crippen LogP contribution is -2.31. The fourth-order valence-electron chi connectivity index (χ4n) is 3.95. The van der Waals surface area contributed by atoms with Crippen LogP contribution in [0.2, 0.25) is 0 Å². The predicted octanol–water partition coefficient (Wildman–Crippen LogP) is 5.19. The molecule has 188 valence electrons. The molecule has 1 N–H and O–H groups in total. The zero-order chi connectivity index (χ0) is 25.8. The molecule has 1 aliphatic rings. The van der Waals surface area contributed by atoms with E-state index in [1.165, 1.54) is 16.2 Å². The lowest BCUT2D eigenvalue weighted by molar-refractivity contribution is -0.123. The highest BCUT2D eigenvalue weighted by Gasteiger charge is 2.36. The van der Waals surface area contributed by atoms with Gasteiger partial charge in [-0.2, -0.15) is 0 Å². The summed E-state index contributed by atoms with van der Waals surface area (Å²) in [5, 5.41) is 3.28. The number of nitrogens with zero attached hydrogens (tertiary/aromatic N) is 3. The zero-order valence-electron chi connectivity index (χ0n) is 20.9. The molecule has 0 unspecified atom stereocenters. The van der Waals surface area contributed by atoms with E-state index in [-0.39, 0.29) is 23.6 Å². The van der Waals surface area contributed by atoms with Crippen LogP contribution in [0.15, 0.2) is 58.4 Å². The van der Waals surface area contributed by atoms with Gasteiger partial charge in [0.1, 0.15) is 15.8 Å². The second-order valence-electron chi connectivity index (χ2n) is 8.95. The van der Waals surface area contributed by atoms with E-state index in [0.717, 1.165) is 17.5 Å². The molecule has 1 aliphatic heterocycles. The van der Waals surface area contributed by atoms with Crippen LogP contribution in [-0.2, 0) is 9.53 Å². The summed E-state index contributed by atoms with van der Waals surface area (Å²) in [4.78, 5) is 33.7. The van der Waals surface area contributed by atoms with Crippen molar-refractivity contribution in [2.45, 2.75) is 46.3 Å². The third-order valence-electron chi connectivity index (χ3n) is 5.84. The Balaban J connectivity index is 1.68. The van der Waals surface area contributed by atoms with Crippen LogP contribution in [0.5, 0.6) is 0 Å². The first-order valence-corrected chi connectivity index (χ1v) is 13.2. The number of thiocarbonyl (C=S) groups is 1. The fourth-order valence-corrected chi connectivity index (χ4v) is 5.35. The molecule has 1 saturated heterocycles. The summed E-state index contributed by atoms with van der Waals surface area (Å²) in [5.41, 5.74) is 2.55. The van der Waals surface area contributed by atoms with Crippen LogP contribution in [0.4, 0.5) is 5.82 Å². The first-order valence-electron chi connectivity index (χ1n) is 12.0. The molecule has 0 spiro atoms. The maximum Gasteiger partial charge on any atom is 0.267 e. The van der Waals surface area contributed by atoms with Crippen molar-refractivity contribution in [2.24, 2.45) is 0 Å². The van der Waals surface area contributed by atoms with E-state index >= 15 is 0 Å². The third kappa shape index (κ3) is 5.69. The molecule has 4 rings (SSSR count). The van der Waals surface area contributed by atoms with Gasteiger partial charge in [-0.15, -0.1) is 0 Å². The number of nitrogens with one attached hydrogen (secondary N) is 1. The lowest BCUT2D eigenvalue weighted by atomic mass is 10.1. The molecular formula is C27H30N4O3S2. The quantitative estimate of drug-likeness (QED) is 0.235. The second kappa shape index (κ2) is 11.4. The Labute approximate surface area is 220 Å². The van der Waals surface area contributed by atoms with Gasteiger partial charge in [-0.25, -0.2) is 4.98 Å². The minimum Gasteiger partial charge on any atom is -0.379 e. The maximum absolute atomic E-state index is 13.5. The molecule has 0 saturated carbocycles. The Morgan fingerprint density at radius 2 is 1.89 bits per heavy atom. The van der Waals surface area contributed by atoms with Gasteiger partial charge in [-0.05, 0) is 57.4 Å². The van der Waals surface area contributed by atoms with E-state index in [1.807, 2.05) is 70.2 Å². The van der Waals surface area contributed by atoms with Gasteiger partial charge < -0.3 is 10.1 Å². The normalized spacial score (nSPS) is 15.9. The van der Waals surface area contributed by atoms with E-state index in [0.29, 0.717) is 39.4 Å². The minimum absolute atomic E-state index is 0.160. The standard InChI is InChI=1S/C27H30N4O3S2/c1-17(2)34-14-8-13-28-24-21(25(32)30-16-18(3)11-12-23(30)29-24)15-22-26(33)31(27(35)36-22)19(4)20-9-6-5-7-10-20/h5-7,9-12,15-17,19,28H,8,13-14H2,1-4H3/b22-15-/t19-/m1/s1. The molecular weight excluding hydrogens is 492 g/mol. The van der Waals surface area contributed by atoms with Crippen LogP contribution in [0.3, 0.4) is 0 Å². The number of fused-ring (bicyclic) bond motifs is 1. The van der Waals surface area contributed by atoms with Crippen LogP contribution in [0.25, 0.3) is 11.7 Å². The molecule has 3 aromatic rings. The first-order chi connectivity index (χ1) is 17.3. The number of pyridine rings is 1. The number of amides is 1. The SMILES string of the molecule is Cc1ccc2nc(NCCCOC(C)C)c(/C=C3\SC(=S)N([C@H](C)c4ccccc4)C3=O)c(=O)n2c1. The van der Waals surface area contributed by atoms with Gasteiger partial charge in [0.2, 0.25) is 0 Å². The summed E-state index contributed by atoms with van der Waals surface area (Å²) < 4.78 is 7.60. The molecule has 0 bridgehead atoms. The second-order valence-corrected chi connectivity index (χ2v) is 10.6.